The highest BCUT2D eigenvalue weighted by Crippen LogP contribution is 2.28. The molecule has 20 heavy (non-hydrogen) atoms. The van der Waals surface area contributed by atoms with Gasteiger partial charge in [0, 0.05) is 11.6 Å². The van der Waals surface area contributed by atoms with Crippen molar-refractivity contribution in [3.63, 3.8) is 0 Å². The van der Waals surface area contributed by atoms with Crippen LogP contribution in [0.5, 0.6) is 0 Å². The molecule has 0 aliphatic rings. The molecule has 0 unspecified atom stereocenters. The highest BCUT2D eigenvalue weighted by atomic mass is 14.8. The molecule has 1 aromatic rings. The van der Waals surface area contributed by atoms with Gasteiger partial charge in [0.1, 0.15) is 0 Å². The largest absolute Gasteiger partial charge is 0.257 e. The van der Waals surface area contributed by atoms with Crippen molar-refractivity contribution in [2.45, 2.75) is 80.6 Å². The van der Waals surface area contributed by atoms with E-state index in [9.17, 15) is 0 Å². The highest BCUT2D eigenvalue weighted by molar-refractivity contribution is 5.20. The number of nitrogens with zero attached hydrogens (tertiary/aromatic N) is 2. The van der Waals surface area contributed by atoms with Crippen molar-refractivity contribution in [3.8, 4) is 0 Å². The first-order valence-corrected chi connectivity index (χ1v) is 7.63. The van der Waals surface area contributed by atoms with Crippen molar-refractivity contribution >= 4 is 0 Å². The van der Waals surface area contributed by atoms with Crippen molar-refractivity contribution in [3.05, 3.63) is 23.3 Å². The van der Waals surface area contributed by atoms with E-state index in [2.05, 4.69) is 62.3 Å². The fourth-order valence-electron chi connectivity index (χ4n) is 2.11. The van der Waals surface area contributed by atoms with Crippen molar-refractivity contribution in [1.29, 1.82) is 0 Å². The van der Waals surface area contributed by atoms with Crippen molar-refractivity contribution < 1.29 is 0 Å². The highest BCUT2D eigenvalue weighted by Gasteiger charge is 2.23. The summed E-state index contributed by atoms with van der Waals surface area (Å²) in [5.41, 5.74) is 3.97. The van der Waals surface area contributed by atoms with E-state index < -0.39 is 0 Å². The number of aromatic nitrogens is 2. The first-order valence-electron chi connectivity index (χ1n) is 7.63. The van der Waals surface area contributed by atoms with Crippen LogP contribution in [-0.2, 0) is 18.3 Å². The Labute approximate surface area is 125 Å². The van der Waals surface area contributed by atoms with Crippen LogP contribution in [0.1, 0.15) is 79.4 Å². The van der Waals surface area contributed by atoms with Crippen LogP contribution >= 0.6 is 0 Å². The van der Waals surface area contributed by atoms with E-state index >= 15 is 0 Å². The van der Waals surface area contributed by atoms with Gasteiger partial charge in [0.15, 0.2) is 0 Å². The van der Waals surface area contributed by atoms with Crippen molar-refractivity contribution in [2.24, 2.45) is 10.8 Å². The Kier molecular flexibility index (Phi) is 4.68. The van der Waals surface area contributed by atoms with Gasteiger partial charge in [-0.1, -0.05) is 62.3 Å². The van der Waals surface area contributed by atoms with Crippen LogP contribution in [-0.4, -0.2) is 9.97 Å². The SMILES string of the molecule is CC(C)(C)Cc1ncc(C(C)(C)C)nc1CC(C)(C)C. The molecule has 0 saturated carbocycles. The van der Waals surface area contributed by atoms with Gasteiger partial charge in [0.05, 0.1) is 17.1 Å². The molecular weight excluding hydrogens is 244 g/mol. The monoisotopic (exact) mass is 276 g/mol. The Balaban J connectivity index is 3.23. The molecule has 0 N–H and O–H groups in total. The maximum Gasteiger partial charge on any atom is 0.0643 e. The molecule has 0 aliphatic carbocycles. The Morgan fingerprint density at radius 2 is 1.20 bits per heavy atom. The molecule has 0 aliphatic heterocycles. The van der Waals surface area contributed by atoms with Gasteiger partial charge in [-0.2, -0.15) is 0 Å². The zero-order valence-electron chi connectivity index (χ0n) is 14.9. The van der Waals surface area contributed by atoms with E-state index in [0.29, 0.717) is 0 Å². The van der Waals surface area contributed by atoms with Crippen molar-refractivity contribution in [1.82, 2.24) is 9.97 Å². The molecule has 2 heteroatoms. The molecule has 1 heterocycles. The third kappa shape index (κ3) is 5.60. The smallest absolute Gasteiger partial charge is 0.0643 e. The van der Waals surface area contributed by atoms with Gasteiger partial charge in [-0.3, -0.25) is 9.97 Å². The van der Waals surface area contributed by atoms with E-state index in [1.165, 1.54) is 11.4 Å². The molecule has 0 fully saturated rings. The predicted molar refractivity (Wildman–Crippen MR) is 87.1 cm³/mol. The summed E-state index contributed by atoms with van der Waals surface area (Å²) >= 11 is 0. The lowest BCUT2D eigenvalue weighted by Crippen LogP contribution is -2.22. The molecule has 0 spiro atoms. The van der Waals surface area contributed by atoms with Crippen LogP contribution in [0.3, 0.4) is 0 Å². The lowest BCUT2D eigenvalue weighted by atomic mass is 9.84. The molecular formula is C18H32N2. The molecule has 0 aromatic carbocycles. The minimum Gasteiger partial charge on any atom is -0.257 e. The maximum absolute atomic E-state index is 4.95. The van der Waals surface area contributed by atoms with Crippen LogP contribution < -0.4 is 0 Å². The predicted octanol–water partition coefficient (Wildman–Crippen LogP) is 4.95. The topological polar surface area (TPSA) is 25.8 Å². The summed E-state index contributed by atoms with van der Waals surface area (Å²) in [5.74, 6) is 0. The average molecular weight is 276 g/mol. The van der Waals surface area contributed by atoms with Gasteiger partial charge < -0.3 is 0 Å². The summed E-state index contributed by atoms with van der Waals surface area (Å²) in [6.07, 6.45) is 3.93. The van der Waals surface area contributed by atoms with Gasteiger partial charge in [-0.25, -0.2) is 0 Å². The molecule has 0 radical (unpaired) electrons. The second-order valence-corrected chi connectivity index (χ2v) is 9.37. The molecule has 114 valence electrons. The van der Waals surface area contributed by atoms with Crippen LogP contribution in [0.2, 0.25) is 0 Å². The van der Waals surface area contributed by atoms with Gasteiger partial charge in [-0.15, -0.1) is 0 Å². The molecule has 0 saturated heterocycles. The average Bonchev–Trinajstić information content (AvgIpc) is 2.14. The van der Waals surface area contributed by atoms with Crippen LogP contribution in [0.25, 0.3) is 0 Å². The van der Waals surface area contributed by atoms with E-state index in [4.69, 9.17) is 9.97 Å². The first kappa shape index (κ1) is 17.1. The van der Waals surface area contributed by atoms with E-state index in [1.54, 1.807) is 0 Å². The zero-order valence-corrected chi connectivity index (χ0v) is 14.9. The number of rotatable bonds is 2. The normalized spacial score (nSPS) is 13.7. The number of hydrogen-bond donors (Lipinski definition) is 0. The van der Waals surface area contributed by atoms with E-state index in [0.717, 1.165) is 18.5 Å². The van der Waals surface area contributed by atoms with E-state index in [-0.39, 0.29) is 16.2 Å². The van der Waals surface area contributed by atoms with Gasteiger partial charge in [0.25, 0.3) is 0 Å². The third-order valence-corrected chi connectivity index (χ3v) is 3.10. The minimum atomic E-state index is 0.0555. The fourth-order valence-corrected chi connectivity index (χ4v) is 2.11. The second-order valence-electron chi connectivity index (χ2n) is 9.37. The zero-order chi connectivity index (χ0) is 15.8. The van der Waals surface area contributed by atoms with Gasteiger partial charge >= 0.3 is 0 Å². The van der Waals surface area contributed by atoms with Crippen molar-refractivity contribution in [2.75, 3.05) is 0 Å². The quantitative estimate of drug-likeness (QED) is 0.763. The first-order chi connectivity index (χ1) is 8.78. The van der Waals surface area contributed by atoms with E-state index in [1.807, 2.05) is 6.20 Å². The maximum atomic E-state index is 4.95. The lowest BCUT2D eigenvalue weighted by molar-refractivity contribution is 0.381. The van der Waals surface area contributed by atoms with Gasteiger partial charge in [-0.05, 0) is 23.7 Å². The molecule has 1 rings (SSSR count). The van der Waals surface area contributed by atoms with Crippen LogP contribution in [0.15, 0.2) is 6.20 Å². The van der Waals surface area contributed by atoms with Crippen LogP contribution in [0, 0.1) is 10.8 Å². The summed E-state index contributed by atoms with van der Waals surface area (Å²) in [5, 5.41) is 0. The Morgan fingerprint density at radius 3 is 1.60 bits per heavy atom. The molecule has 2 nitrogen and oxygen atoms in total. The minimum absolute atomic E-state index is 0.0555. The molecule has 1 aromatic heterocycles. The Morgan fingerprint density at radius 1 is 0.750 bits per heavy atom. The fraction of sp³-hybridized carbons (Fsp3) is 0.778. The Hall–Kier alpha value is -0.920. The summed E-state index contributed by atoms with van der Waals surface area (Å²) in [6.45, 7) is 20.1. The summed E-state index contributed by atoms with van der Waals surface area (Å²) in [6, 6.07) is 0. The Bertz CT molecular complexity index is 454. The lowest BCUT2D eigenvalue weighted by Gasteiger charge is -2.25. The second kappa shape index (κ2) is 5.46. The summed E-state index contributed by atoms with van der Waals surface area (Å²) in [7, 11) is 0. The molecule has 0 amide bonds. The third-order valence-electron chi connectivity index (χ3n) is 3.10. The van der Waals surface area contributed by atoms with Gasteiger partial charge in [0.2, 0.25) is 0 Å². The standard InChI is InChI=1S/C18H32N2/c1-16(2,3)10-13-14(11-17(4,5)6)20-15(12-19-13)18(7,8)9/h12H,10-11H2,1-9H3. The molecule has 0 atom stereocenters. The summed E-state index contributed by atoms with van der Waals surface area (Å²) in [4.78, 5) is 9.70. The summed E-state index contributed by atoms with van der Waals surface area (Å²) < 4.78 is 0. The number of hydrogen-bond acceptors (Lipinski definition) is 2. The molecule has 0 bridgehead atoms. The van der Waals surface area contributed by atoms with Crippen LogP contribution in [0.4, 0.5) is 0 Å².